The third kappa shape index (κ3) is 1.61. The van der Waals surface area contributed by atoms with Crippen molar-refractivity contribution >= 4 is 27.5 Å². The molecule has 2 aliphatic heterocycles. The number of hydrogen-bond acceptors (Lipinski definition) is 4. The Morgan fingerprint density at radius 2 is 2.09 bits per heavy atom. The molecule has 3 aliphatic rings. The Bertz CT molecular complexity index is 685. The number of carbonyl (C=O) groups is 2. The summed E-state index contributed by atoms with van der Waals surface area (Å²) >= 11 is 3.39. The fourth-order valence-corrected chi connectivity index (χ4v) is 4.90. The molecule has 0 radical (unpaired) electrons. The Balaban J connectivity index is 1.82. The quantitative estimate of drug-likeness (QED) is 0.757. The van der Waals surface area contributed by atoms with Crippen molar-refractivity contribution in [1.82, 2.24) is 0 Å². The summed E-state index contributed by atoms with van der Waals surface area (Å²) < 4.78 is 12.1. The van der Waals surface area contributed by atoms with Crippen LogP contribution in [0.2, 0.25) is 0 Å². The molecular weight excluding hydrogens is 348 g/mol. The van der Waals surface area contributed by atoms with E-state index in [1.54, 1.807) is 13.2 Å². The van der Waals surface area contributed by atoms with E-state index in [0.717, 1.165) is 17.3 Å². The summed E-state index contributed by atoms with van der Waals surface area (Å²) in [6.45, 7) is 1.91. The molecule has 2 heterocycles. The third-order valence-electron chi connectivity index (χ3n) is 5.63. The lowest BCUT2D eigenvalue weighted by molar-refractivity contribution is -0.130. The summed E-state index contributed by atoms with van der Waals surface area (Å²) in [5.41, 5.74) is 0.0127. The van der Waals surface area contributed by atoms with Crippen LogP contribution in [0.1, 0.15) is 31.2 Å². The van der Waals surface area contributed by atoms with Gasteiger partial charge in [0.05, 0.1) is 30.7 Å². The molecule has 1 aromatic carbocycles. The lowest BCUT2D eigenvalue weighted by Gasteiger charge is -2.29. The zero-order valence-electron chi connectivity index (χ0n) is 12.5. The van der Waals surface area contributed by atoms with Gasteiger partial charge in [-0.1, -0.05) is 22.0 Å². The number of Topliss-reactive ketones (excluding diaryl/α,β-unsaturated/α-hetero) is 2. The number of carbonyl (C=O) groups excluding carboxylic acids is 2. The van der Waals surface area contributed by atoms with E-state index >= 15 is 0 Å². The highest BCUT2D eigenvalue weighted by atomic mass is 79.9. The maximum atomic E-state index is 13.1. The van der Waals surface area contributed by atoms with Gasteiger partial charge in [-0.15, -0.1) is 0 Å². The van der Waals surface area contributed by atoms with Crippen molar-refractivity contribution in [2.24, 2.45) is 11.3 Å². The first-order valence-electron chi connectivity index (χ1n) is 7.55. The van der Waals surface area contributed by atoms with Gasteiger partial charge < -0.3 is 9.47 Å². The molecule has 4 nitrogen and oxygen atoms in total. The highest BCUT2D eigenvalue weighted by Crippen LogP contribution is 2.60. The van der Waals surface area contributed by atoms with Gasteiger partial charge in [0.1, 0.15) is 11.7 Å². The van der Waals surface area contributed by atoms with E-state index in [1.165, 1.54) is 0 Å². The molecule has 4 rings (SSSR count). The van der Waals surface area contributed by atoms with Crippen LogP contribution in [0.4, 0.5) is 0 Å². The summed E-state index contributed by atoms with van der Waals surface area (Å²) in [7, 11) is 1.56. The Morgan fingerprint density at radius 3 is 2.77 bits per heavy atom. The first kappa shape index (κ1) is 14.4. The first-order chi connectivity index (χ1) is 10.5. The number of benzene rings is 1. The molecule has 0 spiro atoms. The Hall–Kier alpha value is -1.20. The molecule has 0 aromatic heterocycles. The van der Waals surface area contributed by atoms with E-state index in [1.807, 2.05) is 19.1 Å². The molecule has 22 heavy (non-hydrogen) atoms. The summed E-state index contributed by atoms with van der Waals surface area (Å²) in [5.74, 6) is -0.435. The summed E-state index contributed by atoms with van der Waals surface area (Å²) in [5, 5.41) is 0. The van der Waals surface area contributed by atoms with Crippen LogP contribution in [0.5, 0.6) is 5.75 Å². The standard InChI is InChI=1S/C17H17BrO4/c1-17-12-6-5-10(22-12)14(17)15(19)13(16(17)20)9-4-3-8(18)7-11(9)21-2/h3-4,7,10,12-14H,5-6H2,1-2H3/t10-,12+,13?,14+,17+/m1/s1. The van der Waals surface area contributed by atoms with Crippen molar-refractivity contribution in [3.8, 4) is 5.75 Å². The van der Waals surface area contributed by atoms with E-state index in [0.29, 0.717) is 11.3 Å². The summed E-state index contributed by atoms with van der Waals surface area (Å²) in [4.78, 5) is 26.1. The molecule has 2 saturated heterocycles. The number of ether oxygens (including phenoxy) is 2. The van der Waals surface area contributed by atoms with Crippen LogP contribution in [-0.4, -0.2) is 30.9 Å². The maximum absolute atomic E-state index is 13.1. The SMILES string of the molecule is COc1cc(Br)ccc1C1C(=O)[C@@H]2[C@H]3CC[C@H](O3)[C@]2(C)C1=O. The highest BCUT2D eigenvalue weighted by molar-refractivity contribution is 9.10. The molecule has 2 bridgehead atoms. The minimum Gasteiger partial charge on any atom is -0.496 e. The van der Waals surface area contributed by atoms with Crippen molar-refractivity contribution < 1.29 is 19.1 Å². The molecule has 5 heteroatoms. The highest BCUT2D eigenvalue weighted by Gasteiger charge is 2.70. The zero-order chi connectivity index (χ0) is 15.6. The smallest absolute Gasteiger partial charge is 0.157 e. The second kappa shape index (κ2) is 4.65. The molecule has 1 aliphatic carbocycles. The van der Waals surface area contributed by atoms with E-state index in [9.17, 15) is 9.59 Å². The van der Waals surface area contributed by atoms with Crippen molar-refractivity contribution in [3.63, 3.8) is 0 Å². The van der Waals surface area contributed by atoms with E-state index in [4.69, 9.17) is 9.47 Å². The number of fused-ring (bicyclic) bond motifs is 5. The molecule has 5 atom stereocenters. The molecule has 1 aromatic rings. The van der Waals surface area contributed by atoms with Gasteiger partial charge in [0.25, 0.3) is 0 Å². The van der Waals surface area contributed by atoms with Gasteiger partial charge >= 0.3 is 0 Å². The maximum Gasteiger partial charge on any atom is 0.157 e. The minimum atomic E-state index is -0.718. The normalized spacial score (nSPS) is 39.4. The first-order valence-corrected chi connectivity index (χ1v) is 8.34. The Labute approximate surface area is 137 Å². The molecule has 0 N–H and O–H groups in total. The van der Waals surface area contributed by atoms with Gasteiger partial charge in [0.15, 0.2) is 11.6 Å². The minimum absolute atomic E-state index is 0.000299. The van der Waals surface area contributed by atoms with Gasteiger partial charge in [0.2, 0.25) is 0 Å². The van der Waals surface area contributed by atoms with E-state index in [2.05, 4.69) is 15.9 Å². The predicted molar refractivity (Wildman–Crippen MR) is 82.9 cm³/mol. The fraction of sp³-hybridized carbons (Fsp3) is 0.529. The molecule has 0 amide bonds. The van der Waals surface area contributed by atoms with Gasteiger partial charge in [-0.05, 0) is 31.9 Å². The van der Waals surface area contributed by atoms with Gasteiger partial charge in [-0.25, -0.2) is 0 Å². The summed E-state index contributed by atoms with van der Waals surface area (Å²) in [6.07, 6.45) is 1.57. The van der Waals surface area contributed by atoms with Crippen molar-refractivity contribution in [2.45, 2.75) is 37.9 Å². The summed E-state index contributed by atoms with van der Waals surface area (Å²) in [6, 6.07) is 5.47. The molecule has 1 saturated carbocycles. The van der Waals surface area contributed by atoms with E-state index < -0.39 is 11.3 Å². The van der Waals surface area contributed by atoms with Crippen molar-refractivity contribution in [2.75, 3.05) is 7.11 Å². The largest absolute Gasteiger partial charge is 0.496 e. The Morgan fingerprint density at radius 1 is 1.32 bits per heavy atom. The lowest BCUT2D eigenvalue weighted by atomic mass is 9.69. The lowest BCUT2D eigenvalue weighted by Crippen LogP contribution is -2.40. The number of halogens is 1. The van der Waals surface area contributed by atoms with Gasteiger partial charge in [0, 0.05) is 10.0 Å². The molecule has 1 unspecified atom stereocenters. The number of hydrogen-bond donors (Lipinski definition) is 0. The average molecular weight is 365 g/mol. The molecular formula is C17H17BrO4. The van der Waals surface area contributed by atoms with E-state index in [-0.39, 0.29) is 29.7 Å². The number of rotatable bonds is 2. The van der Waals surface area contributed by atoms with Gasteiger partial charge in [-0.2, -0.15) is 0 Å². The second-order valence-electron chi connectivity index (χ2n) is 6.59. The second-order valence-corrected chi connectivity index (χ2v) is 7.50. The van der Waals surface area contributed by atoms with Crippen LogP contribution >= 0.6 is 15.9 Å². The van der Waals surface area contributed by atoms with Crippen LogP contribution < -0.4 is 4.74 Å². The van der Waals surface area contributed by atoms with Crippen LogP contribution in [0.3, 0.4) is 0 Å². The zero-order valence-corrected chi connectivity index (χ0v) is 14.1. The predicted octanol–water partition coefficient (Wildman–Crippen LogP) is 2.88. The molecule has 116 valence electrons. The number of ketones is 2. The monoisotopic (exact) mass is 364 g/mol. The third-order valence-corrected chi connectivity index (χ3v) is 6.12. The Kier molecular flexibility index (Phi) is 3.04. The van der Waals surface area contributed by atoms with Crippen molar-refractivity contribution in [1.29, 1.82) is 0 Å². The van der Waals surface area contributed by atoms with Crippen LogP contribution in [0, 0.1) is 11.3 Å². The molecule has 3 fully saturated rings. The van der Waals surface area contributed by atoms with Crippen LogP contribution in [0.15, 0.2) is 22.7 Å². The van der Waals surface area contributed by atoms with Crippen LogP contribution in [0.25, 0.3) is 0 Å². The van der Waals surface area contributed by atoms with Crippen LogP contribution in [-0.2, 0) is 14.3 Å². The fourth-order valence-electron chi connectivity index (χ4n) is 4.56. The number of methoxy groups -OCH3 is 1. The average Bonchev–Trinajstić information content (AvgIpc) is 3.12. The topological polar surface area (TPSA) is 52.6 Å². The van der Waals surface area contributed by atoms with Gasteiger partial charge in [-0.3, -0.25) is 9.59 Å². The van der Waals surface area contributed by atoms with Crippen molar-refractivity contribution in [3.05, 3.63) is 28.2 Å².